The Morgan fingerprint density at radius 1 is 0.682 bits per heavy atom. The maximum atomic E-state index is 14.8. The van der Waals surface area contributed by atoms with Crippen LogP contribution in [0.4, 0.5) is 16.4 Å². The summed E-state index contributed by atoms with van der Waals surface area (Å²) < 4.78 is 65.0. The quantitative estimate of drug-likeness (QED) is 0.378. The minimum absolute atomic E-state index is 0.755. The fourth-order valence-electron chi connectivity index (χ4n) is 2.51. The summed E-state index contributed by atoms with van der Waals surface area (Å²) in [5, 5.41) is -2.88. The topological polar surface area (TPSA) is 21.3 Å². The molecule has 0 amide bonds. The molecule has 134 valence electrons. The van der Waals surface area contributed by atoms with Gasteiger partial charge < -0.3 is 4.12 Å². The van der Waals surface area contributed by atoms with Crippen LogP contribution in [0.1, 0.15) is 62.3 Å². The van der Waals surface area contributed by atoms with Crippen LogP contribution in [-0.2, 0) is 4.12 Å². The van der Waals surface area contributed by atoms with Gasteiger partial charge in [0.05, 0.1) is 0 Å². The van der Waals surface area contributed by atoms with Crippen molar-refractivity contribution in [2.75, 3.05) is 0 Å². The minimum Gasteiger partial charge on any atom is -0.396 e. The molecule has 0 fully saturated rings. The number of nitrogens with one attached hydrogen (secondary N) is 1. The molecule has 0 bridgehead atoms. The molecule has 0 atom stereocenters. The van der Waals surface area contributed by atoms with Gasteiger partial charge in [-0.3, -0.25) is 12.9 Å². The largest absolute Gasteiger partial charge is 0.565 e. The van der Waals surface area contributed by atoms with E-state index in [1.54, 1.807) is 41.5 Å². The molecule has 0 aromatic heterocycles. The van der Waals surface area contributed by atoms with Gasteiger partial charge in [-0.05, 0) is 10.1 Å². The molecule has 0 unspecified atom stereocenters. The fraction of sp³-hybridized carbons (Fsp3) is 1.00. The monoisotopic (exact) mass is 377 g/mol. The number of hydrogen-bond acceptors (Lipinski definition) is 2. The van der Waals surface area contributed by atoms with Crippen LogP contribution in [0.3, 0.4) is 0 Å². The summed E-state index contributed by atoms with van der Waals surface area (Å²) in [6.07, 6.45) is 0. The molecule has 0 aliphatic carbocycles. The molecule has 0 saturated heterocycles. The van der Waals surface area contributed by atoms with Gasteiger partial charge in [0.15, 0.2) is 0 Å². The highest BCUT2D eigenvalue weighted by atomic mass is 28.5. The van der Waals surface area contributed by atoms with Gasteiger partial charge in [-0.2, -0.15) is 0 Å². The van der Waals surface area contributed by atoms with Gasteiger partial charge in [-0.25, -0.2) is 8.22 Å². The van der Waals surface area contributed by atoms with Gasteiger partial charge in [0.25, 0.3) is 8.48 Å². The van der Waals surface area contributed by atoms with Crippen LogP contribution in [0.2, 0.25) is 21.7 Å². The first-order valence-corrected chi connectivity index (χ1v) is 13.2. The first kappa shape index (κ1) is 22.3. The summed E-state index contributed by atoms with van der Waals surface area (Å²) in [6.45, 7) is 15.4. The second-order valence-corrected chi connectivity index (χ2v) is 19.5. The lowest BCUT2D eigenvalue weighted by atomic mass is 10.2. The van der Waals surface area contributed by atoms with Crippen LogP contribution in [0, 0.1) is 0 Å². The SMILES string of the molecule is CC(C)(C)[Si](F)(F)N[Si](O[Si](C)(F)F)(C(C)(C)C)C(C)(C)C. The molecule has 0 spiro atoms. The van der Waals surface area contributed by atoms with E-state index < -0.39 is 41.5 Å². The normalized spacial score (nSPS) is 16.1. The average Bonchev–Trinajstić information content (AvgIpc) is 2.07. The third-order valence-electron chi connectivity index (χ3n) is 3.72. The zero-order valence-corrected chi connectivity index (χ0v) is 18.4. The van der Waals surface area contributed by atoms with Crippen molar-refractivity contribution in [3.05, 3.63) is 0 Å². The van der Waals surface area contributed by atoms with Crippen molar-refractivity contribution in [2.24, 2.45) is 0 Å². The van der Waals surface area contributed by atoms with Crippen LogP contribution in [-0.4, -0.2) is 26.4 Å². The molecule has 22 heavy (non-hydrogen) atoms. The van der Waals surface area contributed by atoms with Crippen molar-refractivity contribution in [1.29, 1.82) is 0 Å². The molecule has 0 heterocycles. The Morgan fingerprint density at radius 3 is 1.18 bits per heavy atom. The number of rotatable bonds is 4. The van der Waals surface area contributed by atoms with Crippen molar-refractivity contribution in [2.45, 2.75) is 84.0 Å². The smallest absolute Gasteiger partial charge is 0.396 e. The highest BCUT2D eigenvalue weighted by Gasteiger charge is 2.66. The predicted molar refractivity (Wildman–Crippen MR) is 90.9 cm³/mol. The van der Waals surface area contributed by atoms with Crippen LogP contribution in [0.25, 0.3) is 0 Å². The van der Waals surface area contributed by atoms with Crippen molar-refractivity contribution in [3.63, 3.8) is 0 Å². The predicted octanol–water partition coefficient (Wildman–Crippen LogP) is 5.82. The van der Waals surface area contributed by atoms with E-state index >= 15 is 0 Å². The van der Waals surface area contributed by atoms with E-state index in [4.69, 9.17) is 4.12 Å². The first-order valence-electron chi connectivity index (χ1n) is 7.41. The van der Waals surface area contributed by atoms with Gasteiger partial charge in [0, 0.05) is 11.6 Å². The molecule has 0 saturated carbocycles. The molecular weight excluding hydrogens is 346 g/mol. The highest BCUT2D eigenvalue weighted by molar-refractivity contribution is 6.92. The van der Waals surface area contributed by atoms with E-state index in [9.17, 15) is 16.4 Å². The Bertz CT molecular complexity index is 378. The van der Waals surface area contributed by atoms with E-state index in [-0.39, 0.29) is 0 Å². The van der Waals surface area contributed by atoms with E-state index in [0.717, 1.165) is 6.55 Å². The molecule has 0 aliphatic heterocycles. The third-order valence-corrected chi connectivity index (χ3v) is 15.2. The summed E-state index contributed by atoms with van der Waals surface area (Å²) in [5.41, 5.74) is 0. The van der Waals surface area contributed by atoms with Crippen molar-refractivity contribution in [3.8, 4) is 0 Å². The fourth-order valence-corrected chi connectivity index (χ4v) is 16.3. The molecule has 2 nitrogen and oxygen atoms in total. The van der Waals surface area contributed by atoms with Gasteiger partial charge >= 0.3 is 17.9 Å². The van der Waals surface area contributed by atoms with Crippen LogP contribution < -0.4 is 4.65 Å². The maximum Gasteiger partial charge on any atom is 0.565 e. The van der Waals surface area contributed by atoms with Gasteiger partial charge in [0.2, 0.25) is 0 Å². The molecular formula is C13H31F4NOSi3. The number of hydrogen-bond donors (Lipinski definition) is 1. The Labute approximate surface area is 136 Å². The first-order chi connectivity index (χ1) is 9.16. The lowest BCUT2D eigenvalue weighted by Gasteiger charge is -2.53. The van der Waals surface area contributed by atoms with Crippen LogP contribution >= 0.6 is 0 Å². The summed E-state index contributed by atoms with van der Waals surface area (Å²) in [5.74, 6) is 0. The maximum absolute atomic E-state index is 14.8. The van der Waals surface area contributed by atoms with E-state index in [1.807, 2.05) is 0 Å². The van der Waals surface area contributed by atoms with E-state index in [1.165, 1.54) is 20.8 Å². The van der Waals surface area contributed by atoms with E-state index in [2.05, 4.69) is 4.65 Å². The summed E-state index contributed by atoms with van der Waals surface area (Å²) in [7, 11) is -13.7. The Hall–Kier alpha value is 0.291. The minimum atomic E-state index is -4.98. The molecule has 0 aromatic carbocycles. The molecule has 9 heteroatoms. The van der Waals surface area contributed by atoms with Crippen LogP contribution in [0.15, 0.2) is 0 Å². The summed E-state index contributed by atoms with van der Waals surface area (Å²) in [4.78, 5) is 0. The molecule has 0 aliphatic rings. The Kier molecular flexibility index (Phi) is 6.06. The number of halogens is 4. The van der Waals surface area contributed by atoms with Crippen molar-refractivity contribution in [1.82, 2.24) is 4.65 Å². The molecule has 0 radical (unpaired) electrons. The average molecular weight is 378 g/mol. The standard InChI is InChI=1S/C13H31F4NOSi3/c1-11(2,3)21(12(4,5)6,19-20(10,14)15)18-22(16,17)13(7,8)9/h18H,1-10H3. The molecule has 0 rings (SSSR count). The van der Waals surface area contributed by atoms with Crippen molar-refractivity contribution < 1.29 is 20.5 Å². The van der Waals surface area contributed by atoms with Crippen LogP contribution in [0.5, 0.6) is 0 Å². The van der Waals surface area contributed by atoms with Gasteiger partial charge in [0.1, 0.15) is 0 Å². The lowest BCUT2D eigenvalue weighted by Crippen LogP contribution is -2.75. The second kappa shape index (κ2) is 5.98. The van der Waals surface area contributed by atoms with E-state index in [0.29, 0.717) is 0 Å². The van der Waals surface area contributed by atoms with Crippen molar-refractivity contribution >= 4 is 26.4 Å². The molecule has 0 aromatic rings. The highest BCUT2D eigenvalue weighted by Crippen LogP contribution is 2.53. The second-order valence-electron chi connectivity index (χ2n) is 9.04. The summed E-state index contributed by atoms with van der Waals surface area (Å²) in [6, 6.07) is 0. The zero-order valence-electron chi connectivity index (χ0n) is 15.4. The van der Waals surface area contributed by atoms with Gasteiger partial charge in [-0.1, -0.05) is 62.3 Å². The zero-order chi connectivity index (χ0) is 18.4. The molecule has 1 N–H and O–H groups in total. The summed E-state index contributed by atoms with van der Waals surface area (Å²) >= 11 is 0. The van der Waals surface area contributed by atoms with Gasteiger partial charge in [-0.15, -0.1) is 0 Å². The lowest BCUT2D eigenvalue weighted by molar-refractivity contribution is 0.317. The third kappa shape index (κ3) is 4.89. The Balaban J connectivity index is 6.22. The Morgan fingerprint density at radius 2 is 1.00 bits per heavy atom.